The monoisotopic (exact) mass is 194 g/mol. The van der Waals surface area contributed by atoms with E-state index in [4.69, 9.17) is 0 Å². The van der Waals surface area contributed by atoms with Crippen molar-refractivity contribution in [1.82, 2.24) is 9.78 Å². The summed E-state index contributed by atoms with van der Waals surface area (Å²) in [6.07, 6.45) is 4.68. The number of aryl methyl sites for hydroxylation is 2. The van der Waals surface area contributed by atoms with Crippen molar-refractivity contribution in [3.63, 3.8) is 0 Å². The van der Waals surface area contributed by atoms with E-state index in [9.17, 15) is 5.11 Å². The molecule has 0 aliphatic heterocycles. The summed E-state index contributed by atoms with van der Waals surface area (Å²) in [5.41, 5.74) is 1.47. The molecule has 1 aromatic heterocycles. The summed E-state index contributed by atoms with van der Waals surface area (Å²) in [4.78, 5) is 0. The van der Waals surface area contributed by atoms with Crippen LogP contribution in [-0.4, -0.2) is 14.9 Å². The number of nitrogens with zero attached hydrogens (tertiary/aromatic N) is 2. The lowest BCUT2D eigenvalue weighted by molar-refractivity contribution is 0.0318. The maximum absolute atomic E-state index is 10.5. The van der Waals surface area contributed by atoms with Crippen LogP contribution in [0.1, 0.15) is 37.4 Å². The van der Waals surface area contributed by atoms with Gasteiger partial charge in [-0.1, -0.05) is 6.92 Å². The van der Waals surface area contributed by atoms with Gasteiger partial charge in [-0.25, -0.2) is 0 Å². The van der Waals surface area contributed by atoms with Gasteiger partial charge in [0, 0.05) is 7.05 Å². The van der Waals surface area contributed by atoms with Gasteiger partial charge in [0.2, 0.25) is 0 Å². The summed E-state index contributed by atoms with van der Waals surface area (Å²) in [6, 6.07) is 0. The molecule has 1 fully saturated rings. The Hall–Kier alpha value is -0.830. The largest absolute Gasteiger partial charge is 0.384 e. The minimum absolute atomic E-state index is 0.620. The molecule has 14 heavy (non-hydrogen) atoms. The van der Waals surface area contributed by atoms with E-state index in [2.05, 4.69) is 12.0 Å². The van der Waals surface area contributed by atoms with Crippen molar-refractivity contribution in [2.45, 2.75) is 38.7 Å². The zero-order valence-electron chi connectivity index (χ0n) is 9.12. The number of aliphatic hydroxyl groups is 1. The summed E-state index contributed by atoms with van der Waals surface area (Å²) >= 11 is 0. The fourth-order valence-corrected chi connectivity index (χ4v) is 2.70. The van der Waals surface area contributed by atoms with Gasteiger partial charge in [-0.3, -0.25) is 4.68 Å². The van der Waals surface area contributed by atoms with Crippen LogP contribution in [-0.2, 0) is 12.6 Å². The summed E-state index contributed by atoms with van der Waals surface area (Å²) in [5, 5.41) is 14.7. The first-order chi connectivity index (χ1) is 6.53. The average Bonchev–Trinajstić information content (AvgIpc) is 2.58. The van der Waals surface area contributed by atoms with Gasteiger partial charge in [0.25, 0.3) is 0 Å². The molecule has 0 radical (unpaired) electrons. The number of rotatable bonds is 1. The minimum Gasteiger partial charge on any atom is -0.384 e. The maximum atomic E-state index is 10.5. The molecule has 0 amide bonds. The third-order valence-corrected chi connectivity index (χ3v) is 3.30. The lowest BCUT2D eigenvalue weighted by atomic mass is 9.94. The molecule has 0 aromatic carbocycles. The molecule has 3 nitrogen and oxygen atoms in total. The molecule has 0 spiro atoms. The Labute approximate surface area is 84.7 Å². The number of aromatic nitrogens is 2. The van der Waals surface area contributed by atoms with Crippen LogP contribution >= 0.6 is 0 Å². The average molecular weight is 194 g/mol. The van der Waals surface area contributed by atoms with Crippen LogP contribution in [0.3, 0.4) is 0 Å². The van der Waals surface area contributed by atoms with E-state index in [1.807, 2.05) is 24.9 Å². The predicted octanol–water partition coefficient (Wildman–Crippen LogP) is 1.74. The van der Waals surface area contributed by atoms with Crippen LogP contribution < -0.4 is 0 Å². The Balaban J connectivity index is 2.39. The molecule has 2 unspecified atom stereocenters. The van der Waals surface area contributed by atoms with Gasteiger partial charge >= 0.3 is 0 Å². The molecule has 2 rings (SSSR count). The van der Waals surface area contributed by atoms with Crippen molar-refractivity contribution in [2.75, 3.05) is 0 Å². The Morgan fingerprint density at radius 2 is 2.36 bits per heavy atom. The first kappa shape index (κ1) is 9.71. The highest BCUT2D eigenvalue weighted by Gasteiger charge is 2.39. The Morgan fingerprint density at radius 3 is 2.79 bits per heavy atom. The number of hydrogen-bond acceptors (Lipinski definition) is 2. The Kier molecular flexibility index (Phi) is 2.14. The quantitative estimate of drug-likeness (QED) is 0.739. The fraction of sp³-hybridized carbons (Fsp3) is 0.727. The number of hydrogen-bond donors (Lipinski definition) is 1. The van der Waals surface area contributed by atoms with Gasteiger partial charge in [-0.2, -0.15) is 5.10 Å². The molecule has 2 atom stereocenters. The first-order valence-corrected chi connectivity index (χ1v) is 5.24. The van der Waals surface area contributed by atoms with Crippen LogP contribution in [0, 0.1) is 12.8 Å². The lowest BCUT2D eigenvalue weighted by Crippen LogP contribution is -2.26. The second-order valence-corrected chi connectivity index (χ2v) is 4.68. The van der Waals surface area contributed by atoms with Gasteiger partial charge in [0.1, 0.15) is 5.60 Å². The van der Waals surface area contributed by atoms with Crippen LogP contribution in [0.5, 0.6) is 0 Å². The van der Waals surface area contributed by atoms with E-state index in [-0.39, 0.29) is 0 Å². The van der Waals surface area contributed by atoms with E-state index >= 15 is 0 Å². The van der Waals surface area contributed by atoms with Crippen molar-refractivity contribution in [2.24, 2.45) is 13.0 Å². The smallest absolute Gasteiger partial charge is 0.107 e. The van der Waals surface area contributed by atoms with E-state index in [0.717, 1.165) is 30.5 Å². The van der Waals surface area contributed by atoms with Crippen LogP contribution in [0.15, 0.2) is 6.20 Å². The second kappa shape index (κ2) is 3.09. The molecule has 0 saturated heterocycles. The van der Waals surface area contributed by atoms with Crippen LogP contribution in [0.4, 0.5) is 0 Å². The molecular weight excluding hydrogens is 176 g/mol. The van der Waals surface area contributed by atoms with E-state index in [0.29, 0.717) is 5.92 Å². The molecule has 1 N–H and O–H groups in total. The zero-order chi connectivity index (χ0) is 10.3. The van der Waals surface area contributed by atoms with Gasteiger partial charge in [0.05, 0.1) is 11.9 Å². The normalized spacial score (nSPS) is 32.4. The summed E-state index contributed by atoms with van der Waals surface area (Å²) in [6.45, 7) is 4.22. The topological polar surface area (TPSA) is 38.0 Å². The van der Waals surface area contributed by atoms with Crippen molar-refractivity contribution in [3.8, 4) is 0 Å². The third-order valence-electron chi connectivity index (χ3n) is 3.30. The summed E-state index contributed by atoms with van der Waals surface area (Å²) in [7, 11) is 1.91. The SMILES string of the molecule is Cc1cnn(C)c1C1(O)CCC(C)C1. The standard InChI is InChI=1S/C11H18N2O/c1-8-4-5-11(14,6-8)10-9(2)7-12-13(10)3/h7-8,14H,4-6H2,1-3H3. The third kappa shape index (κ3) is 1.36. The van der Waals surface area contributed by atoms with Crippen molar-refractivity contribution in [3.05, 3.63) is 17.5 Å². The van der Waals surface area contributed by atoms with Crippen molar-refractivity contribution >= 4 is 0 Å². The van der Waals surface area contributed by atoms with Crippen molar-refractivity contribution < 1.29 is 5.11 Å². The zero-order valence-corrected chi connectivity index (χ0v) is 9.12. The second-order valence-electron chi connectivity index (χ2n) is 4.68. The van der Waals surface area contributed by atoms with Crippen molar-refractivity contribution in [1.29, 1.82) is 0 Å². The Morgan fingerprint density at radius 1 is 1.64 bits per heavy atom. The van der Waals surface area contributed by atoms with E-state index < -0.39 is 5.60 Å². The molecule has 1 aromatic rings. The molecule has 78 valence electrons. The molecule has 1 aliphatic rings. The van der Waals surface area contributed by atoms with Gasteiger partial charge in [-0.05, 0) is 37.7 Å². The highest BCUT2D eigenvalue weighted by atomic mass is 16.3. The maximum Gasteiger partial charge on any atom is 0.107 e. The Bertz CT molecular complexity index is 326. The molecule has 1 saturated carbocycles. The highest BCUT2D eigenvalue weighted by molar-refractivity contribution is 5.24. The molecule has 1 aliphatic carbocycles. The highest BCUT2D eigenvalue weighted by Crippen LogP contribution is 2.42. The fourth-order valence-electron chi connectivity index (χ4n) is 2.70. The molecule has 3 heteroatoms. The summed E-state index contributed by atoms with van der Waals surface area (Å²) < 4.78 is 1.81. The van der Waals surface area contributed by atoms with E-state index in [1.165, 1.54) is 0 Å². The minimum atomic E-state index is -0.630. The summed E-state index contributed by atoms with van der Waals surface area (Å²) in [5.74, 6) is 0.620. The lowest BCUT2D eigenvalue weighted by Gasteiger charge is -2.23. The van der Waals surface area contributed by atoms with Crippen LogP contribution in [0.2, 0.25) is 0 Å². The van der Waals surface area contributed by atoms with E-state index in [1.54, 1.807) is 0 Å². The predicted molar refractivity (Wildman–Crippen MR) is 54.9 cm³/mol. The van der Waals surface area contributed by atoms with Gasteiger partial charge in [-0.15, -0.1) is 0 Å². The molecule has 1 heterocycles. The van der Waals surface area contributed by atoms with Crippen LogP contribution in [0.25, 0.3) is 0 Å². The van der Waals surface area contributed by atoms with Gasteiger partial charge < -0.3 is 5.11 Å². The van der Waals surface area contributed by atoms with Gasteiger partial charge in [0.15, 0.2) is 0 Å². The first-order valence-electron chi connectivity index (χ1n) is 5.24. The molecular formula is C11H18N2O. The molecule has 0 bridgehead atoms.